The predicted octanol–water partition coefficient (Wildman–Crippen LogP) is 6.73. The van der Waals surface area contributed by atoms with Gasteiger partial charge >= 0.3 is 18.6 Å². The summed E-state index contributed by atoms with van der Waals surface area (Å²) < 4.78 is 67.8. The van der Waals surface area contributed by atoms with Crippen LogP contribution in [0.3, 0.4) is 0 Å². The Morgan fingerprint density at radius 2 is 1.67 bits per heavy atom. The maximum atomic E-state index is 13.4. The number of morpholine rings is 1. The molecule has 202 valence electrons. The summed E-state index contributed by atoms with van der Waals surface area (Å²) in [5, 5.41) is 0. The van der Waals surface area contributed by atoms with Gasteiger partial charge in [-0.05, 0) is 51.9 Å². The Balaban J connectivity index is 1.19. The van der Waals surface area contributed by atoms with Crippen LogP contribution in [0.2, 0.25) is 0 Å². The molecule has 2 unspecified atom stereocenters. The minimum Gasteiger partial charge on any atom is -0.448 e. The Kier molecular flexibility index (Phi) is 6.54. The van der Waals surface area contributed by atoms with E-state index in [2.05, 4.69) is 29.0 Å². The molecule has 1 amide bonds. The number of hydrogen-bond donors (Lipinski definition) is 0. The quantitative estimate of drug-likeness (QED) is 0.326. The van der Waals surface area contributed by atoms with E-state index in [9.17, 15) is 22.4 Å². The maximum absolute atomic E-state index is 13.4. The van der Waals surface area contributed by atoms with Crippen molar-refractivity contribution in [1.29, 1.82) is 0 Å². The van der Waals surface area contributed by atoms with Crippen molar-refractivity contribution < 1.29 is 36.6 Å². The molecule has 3 aliphatic rings. The summed E-state index contributed by atoms with van der Waals surface area (Å²) in [6, 6.07) is 21.1. The van der Waals surface area contributed by atoms with Crippen LogP contribution >= 0.6 is 0 Å². The molecule has 0 radical (unpaired) electrons. The van der Waals surface area contributed by atoms with Crippen LogP contribution in [-0.2, 0) is 9.47 Å². The van der Waals surface area contributed by atoms with Gasteiger partial charge in [0.25, 0.3) is 0 Å². The zero-order valence-electron chi connectivity index (χ0n) is 20.7. The molecule has 1 aliphatic carbocycles. The van der Waals surface area contributed by atoms with Gasteiger partial charge in [0.05, 0.1) is 25.3 Å². The van der Waals surface area contributed by atoms with Gasteiger partial charge in [-0.1, -0.05) is 66.7 Å². The van der Waals surface area contributed by atoms with E-state index in [1.807, 2.05) is 30.3 Å². The van der Waals surface area contributed by atoms with Crippen LogP contribution in [-0.4, -0.2) is 55.4 Å². The summed E-state index contributed by atoms with van der Waals surface area (Å²) in [7, 11) is 0. The number of nitrogens with zero attached hydrogens (tertiary/aromatic N) is 1. The van der Waals surface area contributed by atoms with Crippen molar-refractivity contribution in [1.82, 2.24) is 4.90 Å². The van der Waals surface area contributed by atoms with Crippen molar-refractivity contribution in [3.63, 3.8) is 0 Å². The van der Waals surface area contributed by atoms with Crippen LogP contribution in [0.5, 0.6) is 5.75 Å². The van der Waals surface area contributed by atoms with Gasteiger partial charge < -0.3 is 14.2 Å². The standard InChI is InChI=1S/C30H25F4NO4/c31-28(32)30(33,34)39-22-7-5-6-18(14-22)19-12-20-15-37-16-21(13-19)35(20)29(36)38-17-27-25-10-3-1-8-23(25)24-9-2-4-11-26(24)27/h1-12,14,20-21,27-28H,13,15-17H2. The molecule has 6 rings (SSSR count). The SMILES string of the molecule is O=C(OCC1c2ccccc2-c2ccccc21)N1C2C=C(c3cccc(OC(F)(F)C(F)F)c3)CC1COC2. The molecule has 1 fully saturated rings. The highest BCUT2D eigenvalue weighted by Crippen LogP contribution is 2.45. The van der Waals surface area contributed by atoms with E-state index in [0.29, 0.717) is 12.0 Å². The van der Waals surface area contributed by atoms with E-state index in [0.717, 1.165) is 27.8 Å². The van der Waals surface area contributed by atoms with Crippen molar-refractivity contribution in [3.8, 4) is 16.9 Å². The summed E-state index contributed by atoms with van der Waals surface area (Å²) in [6.45, 7) is 0.736. The Labute approximate surface area is 222 Å². The van der Waals surface area contributed by atoms with Gasteiger partial charge in [-0.3, -0.25) is 4.90 Å². The van der Waals surface area contributed by atoms with Gasteiger partial charge in [0.2, 0.25) is 0 Å². The monoisotopic (exact) mass is 539 g/mol. The molecule has 2 heterocycles. The van der Waals surface area contributed by atoms with Gasteiger partial charge in [0.15, 0.2) is 0 Å². The maximum Gasteiger partial charge on any atom is 0.461 e. The average molecular weight is 540 g/mol. The first-order chi connectivity index (χ1) is 18.8. The van der Waals surface area contributed by atoms with Crippen molar-refractivity contribution in [2.45, 2.75) is 37.0 Å². The van der Waals surface area contributed by atoms with Crippen LogP contribution in [0.25, 0.3) is 16.7 Å². The van der Waals surface area contributed by atoms with Gasteiger partial charge in [0, 0.05) is 5.92 Å². The molecule has 2 bridgehead atoms. The first kappa shape index (κ1) is 25.4. The molecular formula is C30H25F4NO4. The van der Waals surface area contributed by atoms with Crippen molar-refractivity contribution in [2.75, 3.05) is 19.8 Å². The Hall–Kier alpha value is -3.85. The van der Waals surface area contributed by atoms with Gasteiger partial charge in [0.1, 0.15) is 12.4 Å². The fraction of sp³-hybridized carbons (Fsp3) is 0.300. The van der Waals surface area contributed by atoms with Crippen LogP contribution in [0.15, 0.2) is 78.9 Å². The largest absolute Gasteiger partial charge is 0.461 e. The number of carbonyl (C=O) groups is 1. The lowest BCUT2D eigenvalue weighted by molar-refractivity contribution is -0.253. The van der Waals surface area contributed by atoms with E-state index in [1.54, 1.807) is 11.0 Å². The van der Waals surface area contributed by atoms with Crippen LogP contribution in [0.4, 0.5) is 22.4 Å². The second-order valence-corrected chi connectivity index (χ2v) is 9.86. The second-order valence-electron chi connectivity index (χ2n) is 9.86. The van der Waals surface area contributed by atoms with E-state index in [1.165, 1.54) is 18.2 Å². The number of halogens is 4. The molecule has 0 saturated carbocycles. The minimum absolute atomic E-state index is 0.0672. The summed E-state index contributed by atoms with van der Waals surface area (Å²) in [4.78, 5) is 15.0. The lowest BCUT2D eigenvalue weighted by Gasteiger charge is -2.44. The lowest BCUT2D eigenvalue weighted by Crippen LogP contribution is -2.56. The lowest BCUT2D eigenvalue weighted by atomic mass is 9.90. The molecule has 3 aromatic rings. The number of amides is 1. The second kappa shape index (κ2) is 10.0. The van der Waals surface area contributed by atoms with Crippen molar-refractivity contribution in [2.24, 2.45) is 0 Å². The molecule has 5 nitrogen and oxygen atoms in total. The highest BCUT2D eigenvalue weighted by atomic mass is 19.3. The van der Waals surface area contributed by atoms with Crippen molar-refractivity contribution >= 4 is 11.7 Å². The van der Waals surface area contributed by atoms with E-state index in [-0.39, 0.29) is 37.5 Å². The topological polar surface area (TPSA) is 48.0 Å². The van der Waals surface area contributed by atoms with Crippen LogP contribution < -0.4 is 4.74 Å². The summed E-state index contributed by atoms with van der Waals surface area (Å²) in [5.74, 6) is -0.429. The summed E-state index contributed by atoms with van der Waals surface area (Å²) in [5.41, 5.74) is 5.87. The third kappa shape index (κ3) is 4.76. The predicted molar refractivity (Wildman–Crippen MR) is 136 cm³/mol. The zero-order valence-corrected chi connectivity index (χ0v) is 20.7. The van der Waals surface area contributed by atoms with E-state index >= 15 is 0 Å². The molecule has 0 aromatic heterocycles. The van der Waals surface area contributed by atoms with Gasteiger partial charge in [-0.2, -0.15) is 17.6 Å². The third-order valence-electron chi connectivity index (χ3n) is 7.46. The van der Waals surface area contributed by atoms with E-state index < -0.39 is 24.7 Å². The number of carbonyl (C=O) groups excluding carboxylic acids is 1. The molecule has 1 saturated heterocycles. The molecular weight excluding hydrogens is 514 g/mol. The van der Waals surface area contributed by atoms with E-state index in [4.69, 9.17) is 9.47 Å². The summed E-state index contributed by atoms with van der Waals surface area (Å²) >= 11 is 0. The minimum atomic E-state index is -4.59. The molecule has 0 N–H and O–H groups in total. The third-order valence-corrected chi connectivity index (χ3v) is 7.46. The number of rotatable bonds is 6. The molecule has 9 heteroatoms. The number of hydrogen-bond acceptors (Lipinski definition) is 4. The molecule has 2 atom stereocenters. The fourth-order valence-electron chi connectivity index (χ4n) is 5.72. The first-order valence-corrected chi connectivity index (χ1v) is 12.7. The number of alkyl halides is 4. The molecule has 39 heavy (non-hydrogen) atoms. The van der Waals surface area contributed by atoms with Gasteiger partial charge in [-0.15, -0.1) is 0 Å². The highest BCUT2D eigenvalue weighted by molar-refractivity contribution is 5.79. The average Bonchev–Trinajstić information content (AvgIpc) is 3.24. The Morgan fingerprint density at radius 3 is 2.33 bits per heavy atom. The number of fused-ring (bicyclic) bond motifs is 5. The fourth-order valence-corrected chi connectivity index (χ4v) is 5.72. The highest BCUT2D eigenvalue weighted by Gasteiger charge is 2.44. The smallest absolute Gasteiger partial charge is 0.448 e. The first-order valence-electron chi connectivity index (χ1n) is 12.7. The van der Waals surface area contributed by atoms with Crippen LogP contribution in [0.1, 0.15) is 29.0 Å². The Morgan fingerprint density at radius 1 is 0.974 bits per heavy atom. The molecule has 0 spiro atoms. The van der Waals surface area contributed by atoms with Crippen molar-refractivity contribution in [3.05, 3.63) is 95.6 Å². The number of ether oxygens (including phenoxy) is 3. The number of benzene rings is 3. The Bertz CT molecular complexity index is 1380. The van der Waals surface area contributed by atoms with Crippen LogP contribution in [0, 0.1) is 0 Å². The summed E-state index contributed by atoms with van der Waals surface area (Å²) in [6.07, 6.45) is -6.77. The molecule has 2 aliphatic heterocycles. The zero-order chi connectivity index (χ0) is 27.1. The normalized spacial score (nSPS) is 20.3. The molecule has 3 aromatic carbocycles. The van der Waals surface area contributed by atoms with Gasteiger partial charge in [-0.25, -0.2) is 4.79 Å².